The Labute approximate surface area is 142 Å². The van der Waals surface area contributed by atoms with E-state index in [0.717, 1.165) is 0 Å². The van der Waals surface area contributed by atoms with Crippen molar-refractivity contribution in [3.8, 4) is 0 Å². The molecule has 0 aliphatic carbocycles. The summed E-state index contributed by atoms with van der Waals surface area (Å²) >= 11 is 0. The van der Waals surface area contributed by atoms with E-state index in [2.05, 4.69) is 9.95 Å². The van der Waals surface area contributed by atoms with Crippen molar-refractivity contribution in [2.24, 2.45) is 0 Å². The van der Waals surface area contributed by atoms with Crippen LogP contribution in [0.1, 0.15) is 27.7 Å². The number of halogens is 1. The Balaban J connectivity index is 2.90. The predicted octanol–water partition coefficient (Wildman–Crippen LogP) is 1.88. The van der Waals surface area contributed by atoms with Crippen LogP contribution < -0.4 is 0 Å². The Morgan fingerprint density at radius 1 is 1.48 bits per heavy atom. The van der Waals surface area contributed by atoms with Crippen LogP contribution in [0.3, 0.4) is 0 Å². The van der Waals surface area contributed by atoms with Crippen molar-refractivity contribution in [1.82, 2.24) is 4.67 Å². The van der Waals surface area contributed by atoms with Gasteiger partial charge in [-0.3, -0.25) is 0 Å². The first-order valence-electron chi connectivity index (χ1n) is 8.08. The van der Waals surface area contributed by atoms with Crippen LogP contribution in [-0.4, -0.2) is 75.3 Å². The Morgan fingerprint density at radius 3 is 2.65 bits per heavy atom. The maximum atomic E-state index is 14.4. The lowest BCUT2D eigenvalue weighted by Gasteiger charge is -2.37. The molecule has 0 bridgehead atoms. The molecular formula is C14H25BFN2O4P. The standard InChI is InChI=1S/C14H25BFN2O4P/c1-9(2)18(10(3)4)23(20-7-6-17-5)22-13-11(8-19)21-14(15)12(13)16/h9-14,19H,6-8H2,1-4H3/t11-,12+,13-,14-,23?/m1/s1/i19D. The van der Waals surface area contributed by atoms with Gasteiger partial charge in [0, 0.05) is 12.1 Å². The monoisotopic (exact) mass is 347 g/mol. The molecule has 1 aliphatic heterocycles. The smallest absolute Gasteiger partial charge is 0.259 e. The minimum absolute atomic E-state index is 0.101. The summed E-state index contributed by atoms with van der Waals surface area (Å²) < 4.78 is 40.2. The zero-order valence-electron chi connectivity index (χ0n) is 15.0. The number of alkyl halides is 1. The molecule has 23 heavy (non-hydrogen) atoms. The molecular weight excluding hydrogens is 321 g/mol. The fourth-order valence-corrected chi connectivity index (χ4v) is 4.16. The van der Waals surface area contributed by atoms with Crippen molar-refractivity contribution in [1.29, 1.82) is 1.43 Å². The van der Waals surface area contributed by atoms with Gasteiger partial charge in [0.2, 0.25) is 7.98 Å². The molecule has 1 heterocycles. The number of aliphatic hydroxyl groups excluding tert-OH is 1. The van der Waals surface area contributed by atoms with Crippen LogP contribution in [0.4, 0.5) is 4.39 Å². The van der Waals surface area contributed by atoms with Crippen molar-refractivity contribution in [3.63, 3.8) is 0 Å². The minimum atomic E-state index is -1.61. The molecule has 0 spiro atoms. The number of nitrogens with zero attached hydrogens (tertiary/aromatic N) is 2. The topological polar surface area (TPSA) is 55.5 Å². The third-order valence-electron chi connectivity index (χ3n) is 3.35. The second kappa shape index (κ2) is 9.88. The van der Waals surface area contributed by atoms with E-state index in [4.69, 9.17) is 29.6 Å². The summed E-state index contributed by atoms with van der Waals surface area (Å²) in [6.07, 6.45) is -3.30. The second-order valence-corrected chi connectivity index (χ2v) is 7.25. The van der Waals surface area contributed by atoms with Crippen molar-refractivity contribution >= 4 is 16.4 Å². The highest BCUT2D eigenvalue weighted by atomic mass is 31.2. The van der Waals surface area contributed by atoms with Crippen LogP contribution >= 0.6 is 8.53 Å². The number of ether oxygens (including phenoxy) is 1. The molecule has 130 valence electrons. The molecule has 2 radical (unpaired) electrons. The van der Waals surface area contributed by atoms with Crippen LogP contribution in [0.25, 0.3) is 4.85 Å². The summed E-state index contributed by atoms with van der Waals surface area (Å²) in [7, 11) is 3.99. The Bertz CT molecular complexity index is 411. The van der Waals surface area contributed by atoms with Crippen molar-refractivity contribution in [2.75, 3.05) is 19.8 Å². The fourth-order valence-electron chi connectivity index (χ4n) is 2.40. The molecule has 1 N–H and O–H groups in total. The average molecular weight is 347 g/mol. The summed E-state index contributed by atoms with van der Waals surface area (Å²) in [6, 6.07) is -0.922. The van der Waals surface area contributed by atoms with Crippen LogP contribution in [-0.2, 0) is 13.8 Å². The highest BCUT2D eigenvalue weighted by Crippen LogP contribution is 2.49. The van der Waals surface area contributed by atoms with Gasteiger partial charge in [0.15, 0.2) is 0 Å². The van der Waals surface area contributed by atoms with Gasteiger partial charge in [-0.25, -0.2) is 15.6 Å². The molecule has 1 saturated heterocycles. The van der Waals surface area contributed by atoms with E-state index >= 15 is 0 Å². The average Bonchev–Trinajstić information content (AvgIpc) is 2.74. The molecule has 1 unspecified atom stereocenters. The fraction of sp³-hybridized carbons (Fsp3) is 0.929. The molecule has 9 heteroatoms. The molecule has 0 saturated carbocycles. The van der Waals surface area contributed by atoms with E-state index < -0.39 is 32.9 Å². The van der Waals surface area contributed by atoms with Crippen LogP contribution in [0.2, 0.25) is 0 Å². The first-order valence-corrected chi connectivity index (χ1v) is 8.81. The van der Waals surface area contributed by atoms with Crippen molar-refractivity contribution in [3.05, 3.63) is 11.4 Å². The van der Waals surface area contributed by atoms with E-state index in [9.17, 15) is 4.39 Å². The molecule has 1 aliphatic rings. The number of hydrogen-bond donors (Lipinski definition) is 1. The van der Waals surface area contributed by atoms with Gasteiger partial charge in [-0.1, -0.05) is 0 Å². The molecule has 1 fully saturated rings. The minimum Gasteiger partial charge on any atom is -0.394 e. The number of rotatable bonds is 10. The first-order chi connectivity index (χ1) is 11.3. The molecule has 1 rings (SSSR count). The SMILES string of the molecule is [2H]OC[C@H]1O[C@@H]([B])[C@@H](F)[C@@H]1OP(OCC[N+]#[C-])N(C(C)C)C(C)C. The van der Waals surface area contributed by atoms with E-state index in [-0.39, 0.29) is 31.8 Å². The lowest BCUT2D eigenvalue weighted by Crippen LogP contribution is -2.39. The molecule has 5 atom stereocenters. The largest absolute Gasteiger partial charge is 0.394 e. The van der Waals surface area contributed by atoms with Gasteiger partial charge in [0.1, 0.15) is 32.8 Å². The first kappa shape index (κ1) is 19.0. The van der Waals surface area contributed by atoms with Gasteiger partial charge in [-0.2, -0.15) is 0 Å². The zero-order chi connectivity index (χ0) is 18.3. The predicted molar refractivity (Wildman–Crippen MR) is 87.7 cm³/mol. The van der Waals surface area contributed by atoms with Crippen LogP contribution in [0.15, 0.2) is 0 Å². The van der Waals surface area contributed by atoms with E-state index in [0.29, 0.717) is 0 Å². The summed E-state index contributed by atoms with van der Waals surface area (Å²) in [4.78, 5) is 3.26. The molecule has 0 aromatic rings. The second-order valence-electron chi connectivity index (χ2n) is 5.84. The lowest BCUT2D eigenvalue weighted by atomic mass is 9.94. The van der Waals surface area contributed by atoms with Gasteiger partial charge in [-0.05, 0) is 27.7 Å². The van der Waals surface area contributed by atoms with E-state index in [1.807, 2.05) is 32.4 Å². The summed E-state index contributed by atoms with van der Waals surface area (Å²) in [6.45, 7) is 15.1. The van der Waals surface area contributed by atoms with E-state index in [1.54, 1.807) is 0 Å². The Kier molecular flexibility index (Phi) is 8.18. The number of aliphatic hydroxyl groups is 1. The molecule has 0 aromatic carbocycles. The van der Waals surface area contributed by atoms with Gasteiger partial charge >= 0.3 is 0 Å². The van der Waals surface area contributed by atoms with Gasteiger partial charge in [0.05, 0.1) is 12.6 Å². The normalized spacial score (nSPS) is 30.0. The third-order valence-corrected chi connectivity index (χ3v) is 5.48. The summed E-state index contributed by atoms with van der Waals surface area (Å²) in [5, 5.41) is 4.32. The molecule has 0 aromatic heterocycles. The van der Waals surface area contributed by atoms with Crippen molar-refractivity contribution < 1.29 is 23.3 Å². The summed E-state index contributed by atoms with van der Waals surface area (Å²) in [5.41, 5.74) is 0. The maximum Gasteiger partial charge on any atom is 0.259 e. The van der Waals surface area contributed by atoms with E-state index in [1.165, 1.54) is 0 Å². The number of hydrogen-bond acceptors (Lipinski definition) is 5. The Morgan fingerprint density at radius 2 is 2.13 bits per heavy atom. The maximum absolute atomic E-state index is 14.4. The van der Waals surface area contributed by atoms with Gasteiger partial charge in [0.25, 0.3) is 8.53 Å². The highest BCUT2D eigenvalue weighted by Gasteiger charge is 2.46. The van der Waals surface area contributed by atoms with Crippen LogP contribution in [0, 0.1) is 6.57 Å². The molecule has 6 nitrogen and oxygen atoms in total. The quantitative estimate of drug-likeness (QED) is 0.283. The van der Waals surface area contributed by atoms with Crippen molar-refractivity contribution in [2.45, 2.75) is 64.2 Å². The van der Waals surface area contributed by atoms with Gasteiger partial charge in [-0.15, -0.1) is 0 Å². The molecule has 0 amide bonds. The summed E-state index contributed by atoms with van der Waals surface area (Å²) in [5.74, 6) is 0. The Hall–Kier alpha value is -0.285. The van der Waals surface area contributed by atoms with Crippen LogP contribution in [0.5, 0.6) is 0 Å². The highest BCUT2D eigenvalue weighted by molar-refractivity contribution is 7.44. The lowest BCUT2D eigenvalue weighted by molar-refractivity contribution is -0.00237. The van der Waals surface area contributed by atoms with Gasteiger partial charge < -0.3 is 23.7 Å². The third kappa shape index (κ3) is 5.63. The zero-order valence-corrected chi connectivity index (χ0v) is 14.9.